The van der Waals surface area contributed by atoms with Crippen molar-refractivity contribution in [3.05, 3.63) is 51.5 Å². The van der Waals surface area contributed by atoms with Crippen LogP contribution >= 0.6 is 27.5 Å². The Labute approximate surface area is 160 Å². The summed E-state index contributed by atoms with van der Waals surface area (Å²) in [5.74, 6) is 1.54. The van der Waals surface area contributed by atoms with Crippen molar-refractivity contribution in [1.29, 1.82) is 0 Å². The molecule has 0 aliphatic heterocycles. The van der Waals surface area contributed by atoms with E-state index < -0.39 is 0 Å². The van der Waals surface area contributed by atoms with Gasteiger partial charge in [0.25, 0.3) is 5.91 Å². The molecule has 0 unspecified atom stereocenters. The SMILES string of the molecule is COc1ccc(OC)c([C@H](C)NC(=O)COc2ccc(Br)cc2Cl)c1. The van der Waals surface area contributed by atoms with Crippen LogP contribution in [0.25, 0.3) is 0 Å². The van der Waals surface area contributed by atoms with Crippen molar-refractivity contribution in [1.82, 2.24) is 5.32 Å². The molecule has 0 aromatic heterocycles. The summed E-state index contributed by atoms with van der Waals surface area (Å²) >= 11 is 9.39. The molecule has 7 heteroatoms. The van der Waals surface area contributed by atoms with Crippen LogP contribution in [0.4, 0.5) is 0 Å². The van der Waals surface area contributed by atoms with Gasteiger partial charge in [0.15, 0.2) is 6.61 Å². The van der Waals surface area contributed by atoms with Gasteiger partial charge in [-0.15, -0.1) is 0 Å². The highest BCUT2D eigenvalue weighted by atomic mass is 79.9. The molecule has 0 fully saturated rings. The zero-order valence-corrected chi connectivity index (χ0v) is 16.5. The normalized spacial score (nSPS) is 11.6. The first-order chi connectivity index (χ1) is 11.9. The van der Waals surface area contributed by atoms with Gasteiger partial charge in [0.2, 0.25) is 0 Å². The highest BCUT2D eigenvalue weighted by molar-refractivity contribution is 9.10. The van der Waals surface area contributed by atoms with Crippen LogP contribution in [-0.4, -0.2) is 26.7 Å². The molecule has 0 heterocycles. The Morgan fingerprint density at radius 3 is 2.52 bits per heavy atom. The van der Waals surface area contributed by atoms with Gasteiger partial charge in [-0.25, -0.2) is 0 Å². The molecule has 1 amide bonds. The molecule has 1 N–H and O–H groups in total. The van der Waals surface area contributed by atoms with Crippen LogP contribution in [0.5, 0.6) is 17.2 Å². The lowest BCUT2D eigenvalue weighted by Gasteiger charge is -2.18. The number of hydrogen-bond acceptors (Lipinski definition) is 4. The minimum atomic E-state index is -0.276. The van der Waals surface area contributed by atoms with Crippen LogP contribution < -0.4 is 19.5 Å². The molecule has 25 heavy (non-hydrogen) atoms. The fourth-order valence-electron chi connectivity index (χ4n) is 2.27. The smallest absolute Gasteiger partial charge is 0.258 e. The molecule has 2 rings (SSSR count). The second kappa shape index (κ2) is 8.97. The van der Waals surface area contributed by atoms with E-state index in [1.165, 1.54) is 0 Å². The molecular formula is C18H19BrClNO4. The van der Waals surface area contributed by atoms with Gasteiger partial charge < -0.3 is 19.5 Å². The Balaban J connectivity index is 2.00. The average Bonchev–Trinajstić information content (AvgIpc) is 2.60. The summed E-state index contributed by atoms with van der Waals surface area (Å²) < 4.78 is 16.9. The Morgan fingerprint density at radius 2 is 1.88 bits per heavy atom. The van der Waals surface area contributed by atoms with E-state index in [2.05, 4.69) is 21.2 Å². The molecule has 2 aromatic carbocycles. The number of rotatable bonds is 7. The lowest BCUT2D eigenvalue weighted by Crippen LogP contribution is -2.31. The molecule has 0 saturated carbocycles. The lowest BCUT2D eigenvalue weighted by atomic mass is 10.1. The Morgan fingerprint density at radius 1 is 1.16 bits per heavy atom. The van der Waals surface area contributed by atoms with Crippen molar-refractivity contribution in [3.8, 4) is 17.2 Å². The average molecular weight is 429 g/mol. The van der Waals surface area contributed by atoms with E-state index in [1.807, 2.05) is 13.0 Å². The summed E-state index contributed by atoms with van der Waals surface area (Å²) in [6.45, 7) is 1.72. The second-order valence-corrected chi connectivity index (χ2v) is 6.58. The highest BCUT2D eigenvalue weighted by Gasteiger charge is 2.16. The molecule has 0 spiro atoms. The summed E-state index contributed by atoms with van der Waals surface area (Å²) in [5, 5.41) is 3.31. The summed E-state index contributed by atoms with van der Waals surface area (Å²) in [4.78, 5) is 12.2. The summed E-state index contributed by atoms with van der Waals surface area (Å²) in [6, 6.07) is 10.4. The zero-order valence-electron chi connectivity index (χ0n) is 14.1. The van der Waals surface area contributed by atoms with Crippen LogP contribution in [0.3, 0.4) is 0 Å². The fourth-order valence-corrected chi connectivity index (χ4v) is 3.00. The Hall–Kier alpha value is -1.92. The third kappa shape index (κ3) is 5.28. The monoisotopic (exact) mass is 427 g/mol. The number of nitrogens with one attached hydrogen (secondary N) is 1. The molecule has 0 aliphatic carbocycles. The van der Waals surface area contributed by atoms with Crippen molar-refractivity contribution in [2.75, 3.05) is 20.8 Å². The third-order valence-electron chi connectivity index (χ3n) is 3.53. The predicted molar refractivity (Wildman–Crippen MR) is 101 cm³/mol. The Bertz CT molecular complexity index is 754. The first-order valence-electron chi connectivity index (χ1n) is 7.53. The first kappa shape index (κ1) is 19.4. The minimum Gasteiger partial charge on any atom is -0.497 e. The molecule has 0 aliphatic rings. The quantitative estimate of drug-likeness (QED) is 0.711. The van der Waals surface area contributed by atoms with Gasteiger partial charge in [0.05, 0.1) is 25.3 Å². The van der Waals surface area contributed by atoms with E-state index in [1.54, 1.807) is 44.6 Å². The summed E-state index contributed by atoms with van der Waals surface area (Å²) in [7, 11) is 3.17. The van der Waals surface area contributed by atoms with Crippen LogP contribution in [0.2, 0.25) is 5.02 Å². The topological polar surface area (TPSA) is 56.8 Å². The van der Waals surface area contributed by atoms with E-state index in [-0.39, 0.29) is 18.6 Å². The molecule has 0 radical (unpaired) electrons. The largest absolute Gasteiger partial charge is 0.497 e. The van der Waals surface area contributed by atoms with Crippen LogP contribution in [0.1, 0.15) is 18.5 Å². The number of carbonyl (C=O) groups is 1. The summed E-state index contributed by atoms with van der Waals surface area (Å²) in [6.07, 6.45) is 0. The van der Waals surface area contributed by atoms with Gasteiger partial charge >= 0.3 is 0 Å². The predicted octanol–water partition coefficient (Wildman–Crippen LogP) is 4.38. The maximum atomic E-state index is 12.2. The maximum absolute atomic E-state index is 12.2. The number of methoxy groups -OCH3 is 2. The molecule has 5 nitrogen and oxygen atoms in total. The maximum Gasteiger partial charge on any atom is 0.258 e. The van der Waals surface area contributed by atoms with Crippen LogP contribution in [-0.2, 0) is 4.79 Å². The molecular weight excluding hydrogens is 410 g/mol. The number of benzene rings is 2. The second-order valence-electron chi connectivity index (χ2n) is 5.26. The molecule has 2 aromatic rings. The van der Waals surface area contributed by atoms with Gasteiger partial charge in [0.1, 0.15) is 17.2 Å². The standard InChI is InChI=1S/C18H19BrClNO4/c1-11(14-9-13(23-2)5-7-16(14)24-3)21-18(22)10-25-17-6-4-12(19)8-15(17)20/h4-9,11H,10H2,1-3H3,(H,21,22)/t11-/m0/s1. The molecule has 134 valence electrons. The van der Waals surface area contributed by atoms with Gasteiger partial charge in [-0.2, -0.15) is 0 Å². The highest BCUT2D eigenvalue weighted by Crippen LogP contribution is 2.30. The van der Waals surface area contributed by atoms with E-state index >= 15 is 0 Å². The fraction of sp³-hybridized carbons (Fsp3) is 0.278. The van der Waals surface area contributed by atoms with Crippen molar-refractivity contribution < 1.29 is 19.0 Å². The Kier molecular flexibility index (Phi) is 6.96. The minimum absolute atomic E-state index is 0.141. The van der Waals surface area contributed by atoms with E-state index in [4.69, 9.17) is 25.8 Å². The van der Waals surface area contributed by atoms with Crippen molar-refractivity contribution >= 4 is 33.4 Å². The first-order valence-corrected chi connectivity index (χ1v) is 8.70. The molecule has 0 bridgehead atoms. The lowest BCUT2D eigenvalue weighted by molar-refractivity contribution is -0.123. The van der Waals surface area contributed by atoms with Crippen molar-refractivity contribution in [2.45, 2.75) is 13.0 Å². The number of carbonyl (C=O) groups excluding carboxylic acids is 1. The number of ether oxygens (including phenoxy) is 3. The zero-order chi connectivity index (χ0) is 18.4. The third-order valence-corrected chi connectivity index (χ3v) is 4.32. The van der Waals surface area contributed by atoms with Gasteiger partial charge in [-0.05, 0) is 43.3 Å². The van der Waals surface area contributed by atoms with Crippen LogP contribution in [0, 0.1) is 0 Å². The summed E-state index contributed by atoms with van der Waals surface area (Å²) in [5.41, 5.74) is 0.817. The van der Waals surface area contributed by atoms with E-state index in [0.717, 1.165) is 10.0 Å². The number of amides is 1. The van der Waals surface area contributed by atoms with Gasteiger partial charge in [0, 0.05) is 10.0 Å². The van der Waals surface area contributed by atoms with Crippen molar-refractivity contribution in [2.24, 2.45) is 0 Å². The van der Waals surface area contributed by atoms with Gasteiger partial charge in [-0.1, -0.05) is 27.5 Å². The molecule has 0 saturated heterocycles. The molecule has 1 atom stereocenters. The van der Waals surface area contributed by atoms with E-state index in [0.29, 0.717) is 22.3 Å². The van der Waals surface area contributed by atoms with Crippen molar-refractivity contribution in [3.63, 3.8) is 0 Å². The van der Waals surface area contributed by atoms with E-state index in [9.17, 15) is 4.79 Å². The van der Waals surface area contributed by atoms with Crippen LogP contribution in [0.15, 0.2) is 40.9 Å². The van der Waals surface area contributed by atoms with Gasteiger partial charge in [-0.3, -0.25) is 4.79 Å². The number of hydrogen-bond donors (Lipinski definition) is 1. The number of halogens is 2.